The summed E-state index contributed by atoms with van der Waals surface area (Å²) in [5.74, 6) is -1.39. The maximum Gasteiger partial charge on any atom is 0.329 e. The summed E-state index contributed by atoms with van der Waals surface area (Å²) in [6.07, 6.45) is 1.56. The molecule has 0 atom stereocenters. The zero-order chi connectivity index (χ0) is 21.4. The summed E-state index contributed by atoms with van der Waals surface area (Å²) in [6, 6.07) is 13.6. The Balaban J connectivity index is 1.66. The van der Waals surface area contributed by atoms with Crippen LogP contribution >= 0.6 is 0 Å². The number of nitrogens with zero attached hydrogens (tertiary/aromatic N) is 2. The molecule has 0 radical (unpaired) electrons. The van der Waals surface area contributed by atoms with Crippen molar-refractivity contribution in [1.82, 2.24) is 14.8 Å². The van der Waals surface area contributed by atoms with E-state index in [-0.39, 0.29) is 23.6 Å². The van der Waals surface area contributed by atoms with Gasteiger partial charge in [-0.05, 0) is 49.8 Å². The van der Waals surface area contributed by atoms with Crippen molar-refractivity contribution >= 4 is 18.0 Å². The van der Waals surface area contributed by atoms with Crippen LogP contribution in [-0.2, 0) is 11.3 Å². The fraction of sp³-hybridized carbons (Fsp3) is 0.130. The van der Waals surface area contributed by atoms with E-state index in [0.29, 0.717) is 11.3 Å². The number of amides is 3. The number of aromatic nitrogens is 1. The van der Waals surface area contributed by atoms with Gasteiger partial charge in [-0.3, -0.25) is 9.69 Å². The molecule has 4 rings (SSSR count). The number of benzene rings is 2. The number of nitrogens with one attached hydrogen (secondary N) is 1. The molecule has 1 aliphatic rings. The van der Waals surface area contributed by atoms with Crippen LogP contribution in [0.4, 0.5) is 13.6 Å². The number of hydrogen-bond donors (Lipinski definition) is 1. The molecule has 0 saturated carbocycles. The fourth-order valence-electron chi connectivity index (χ4n) is 3.61. The van der Waals surface area contributed by atoms with Gasteiger partial charge in [-0.1, -0.05) is 30.3 Å². The first kappa shape index (κ1) is 19.6. The molecule has 3 aromatic rings. The number of para-hydroxylation sites is 1. The molecule has 30 heavy (non-hydrogen) atoms. The second kappa shape index (κ2) is 7.59. The molecule has 1 fully saturated rings. The van der Waals surface area contributed by atoms with Gasteiger partial charge in [0.15, 0.2) is 0 Å². The Bertz CT molecular complexity index is 1200. The van der Waals surface area contributed by atoms with E-state index in [2.05, 4.69) is 5.32 Å². The van der Waals surface area contributed by atoms with Crippen molar-refractivity contribution in [2.45, 2.75) is 20.4 Å². The lowest BCUT2D eigenvalue weighted by Gasteiger charge is -2.12. The Labute approximate surface area is 172 Å². The van der Waals surface area contributed by atoms with Crippen LogP contribution in [-0.4, -0.2) is 21.4 Å². The summed E-state index contributed by atoms with van der Waals surface area (Å²) < 4.78 is 29.9. The quantitative estimate of drug-likeness (QED) is 0.513. The number of aryl methyl sites for hydroxylation is 1. The largest absolute Gasteiger partial charge is 0.329 e. The van der Waals surface area contributed by atoms with Crippen LogP contribution < -0.4 is 5.32 Å². The number of carbonyl (C=O) groups is 2. The van der Waals surface area contributed by atoms with E-state index in [0.717, 1.165) is 16.3 Å². The van der Waals surface area contributed by atoms with Crippen molar-refractivity contribution in [3.8, 4) is 5.69 Å². The lowest BCUT2D eigenvalue weighted by molar-refractivity contribution is -0.123. The van der Waals surface area contributed by atoms with Crippen LogP contribution in [0.2, 0.25) is 0 Å². The van der Waals surface area contributed by atoms with E-state index in [1.807, 2.05) is 19.9 Å². The minimum Gasteiger partial charge on any atom is -0.315 e. The van der Waals surface area contributed by atoms with Gasteiger partial charge >= 0.3 is 6.03 Å². The van der Waals surface area contributed by atoms with E-state index in [1.165, 1.54) is 18.2 Å². The maximum absolute atomic E-state index is 14.3. The molecule has 1 aromatic heterocycles. The Morgan fingerprint density at radius 2 is 1.63 bits per heavy atom. The van der Waals surface area contributed by atoms with Gasteiger partial charge in [-0.25, -0.2) is 13.6 Å². The average Bonchev–Trinajstić information content (AvgIpc) is 3.14. The molecule has 1 N–H and O–H groups in total. The van der Waals surface area contributed by atoms with Crippen LogP contribution in [0.25, 0.3) is 11.8 Å². The molecule has 2 aromatic carbocycles. The summed E-state index contributed by atoms with van der Waals surface area (Å²) in [4.78, 5) is 26.0. The van der Waals surface area contributed by atoms with Crippen molar-refractivity contribution in [1.29, 1.82) is 0 Å². The zero-order valence-electron chi connectivity index (χ0n) is 16.4. The topological polar surface area (TPSA) is 54.3 Å². The van der Waals surface area contributed by atoms with E-state index < -0.39 is 17.8 Å². The highest BCUT2D eigenvalue weighted by molar-refractivity contribution is 6.14. The van der Waals surface area contributed by atoms with Gasteiger partial charge in [0.05, 0.1) is 12.2 Å². The monoisotopic (exact) mass is 407 g/mol. The van der Waals surface area contributed by atoms with Crippen LogP contribution in [0.1, 0.15) is 22.5 Å². The minimum atomic E-state index is -0.614. The first-order chi connectivity index (χ1) is 14.4. The average molecular weight is 407 g/mol. The van der Waals surface area contributed by atoms with Crippen molar-refractivity contribution in [2.75, 3.05) is 0 Å². The summed E-state index contributed by atoms with van der Waals surface area (Å²) in [5.41, 5.74) is 2.92. The van der Waals surface area contributed by atoms with Crippen LogP contribution in [0, 0.1) is 25.5 Å². The lowest BCUT2D eigenvalue weighted by Crippen LogP contribution is -2.30. The number of urea groups is 1. The highest BCUT2D eigenvalue weighted by Crippen LogP contribution is 2.25. The molecule has 0 aliphatic carbocycles. The highest BCUT2D eigenvalue weighted by atomic mass is 19.1. The van der Waals surface area contributed by atoms with E-state index in [4.69, 9.17) is 0 Å². The van der Waals surface area contributed by atoms with Gasteiger partial charge in [0.1, 0.15) is 17.3 Å². The molecule has 3 amide bonds. The van der Waals surface area contributed by atoms with Gasteiger partial charge in [-0.2, -0.15) is 0 Å². The van der Waals surface area contributed by atoms with Gasteiger partial charge in [0.25, 0.3) is 5.91 Å². The normalized spacial score (nSPS) is 15.2. The Hall–Kier alpha value is -3.74. The number of hydrogen-bond acceptors (Lipinski definition) is 2. The van der Waals surface area contributed by atoms with Gasteiger partial charge < -0.3 is 9.88 Å². The first-order valence-electron chi connectivity index (χ1n) is 9.38. The molecular weight excluding hydrogens is 388 g/mol. The molecule has 152 valence electrons. The zero-order valence-corrected chi connectivity index (χ0v) is 16.4. The molecule has 7 heteroatoms. The number of imide groups is 1. The molecule has 0 bridgehead atoms. The van der Waals surface area contributed by atoms with Crippen molar-refractivity contribution in [3.05, 3.63) is 94.4 Å². The molecule has 1 saturated heterocycles. The minimum absolute atomic E-state index is 0.0881. The molecular formula is C23H19F2N3O2. The molecule has 0 spiro atoms. The lowest BCUT2D eigenvalue weighted by atomic mass is 10.2. The summed E-state index contributed by atoms with van der Waals surface area (Å²) >= 11 is 0. The van der Waals surface area contributed by atoms with Crippen molar-refractivity contribution in [3.63, 3.8) is 0 Å². The van der Waals surface area contributed by atoms with Crippen molar-refractivity contribution in [2.24, 2.45) is 0 Å². The third-order valence-corrected chi connectivity index (χ3v) is 5.11. The van der Waals surface area contributed by atoms with Crippen LogP contribution in [0.15, 0.2) is 60.3 Å². The van der Waals surface area contributed by atoms with Gasteiger partial charge in [0.2, 0.25) is 0 Å². The third-order valence-electron chi connectivity index (χ3n) is 5.11. The summed E-state index contributed by atoms with van der Waals surface area (Å²) in [5, 5.41) is 2.54. The van der Waals surface area contributed by atoms with Crippen LogP contribution in [0.5, 0.6) is 0 Å². The first-order valence-corrected chi connectivity index (χ1v) is 9.38. The standard InChI is InChI=1S/C23H19F2N3O2/c1-14-11-17(15(2)28(14)21-10-6-5-9-19(21)25)12-20-22(29)27(23(30)26-20)13-16-7-3-4-8-18(16)24/h3-12H,13H2,1-2H3,(H,26,30). The Kier molecular flexibility index (Phi) is 4.95. The SMILES string of the molecule is Cc1cc(C=C2NC(=O)N(Cc3ccccc3F)C2=O)c(C)n1-c1ccccc1F. The summed E-state index contributed by atoms with van der Waals surface area (Å²) in [6.45, 7) is 3.48. The maximum atomic E-state index is 14.3. The number of halogens is 2. The second-order valence-corrected chi connectivity index (χ2v) is 7.08. The molecule has 5 nitrogen and oxygen atoms in total. The third kappa shape index (κ3) is 3.39. The predicted molar refractivity (Wildman–Crippen MR) is 109 cm³/mol. The second-order valence-electron chi connectivity index (χ2n) is 7.08. The molecule has 2 heterocycles. The highest BCUT2D eigenvalue weighted by Gasteiger charge is 2.34. The Morgan fingerprint density at radius 1 is 0.967 bits per heavy atom. The van der Waals surface area contributed by atoms with Crippen LogP contribution in [0.3, 0.4) is 0 Å². The Morgan fingerprint density at radius 3 is 2.33 bits per heavy atom. The molecule has 1 aliphatic heterocycles. The van der Waals surface area contributed by atoms with E-state index >= 15 is 0 Å². The number of rotatable bonds is 4. The fourth-order valence-corrected chi connectivity index (χ4v) is 3.61. The van der Waals surface area contributed by atoms with E-state index in [1.54, 1.807) is 41.0 Å². The predicted octanol–water partition coefficient (Wildman–Crippen LogP) is 4.47. The number of carbonyl (C=O) groups excluding carboxylic acids is 2. The van der Waals surface area contributed by atoms with Gasteiger partial charge in [0, 0.05) is 17.0 Å². The molecule has 0 unspecified atom stereocenters. The smallest absolute Gasteiger partial charge is 0.315 e. The van der Waals surface area contributed by atoms with E-state index in [9.17, 15) is 18.4 Å². The van der Waals surface area contributed by atoms with Gasteiger partial charge in [-0.15, -0.1) is 0 Å². The summed E-state index contributed by atoms with van der Waals surface area (Å²) in [7, 11) is 0. The van der Waals surface area contributed by atoms with Crippen molar-refractivity contribution < 1.29 is 18.4 Å².